The number of rotatable bonds is 10. The van der Waals surface area contributed by atoms with E-state index in [1.165, 1.54) is 0 Å². The van der Waals surface area contributed by atoms with E-state index in [1.807, 2.05) is 0 Å². The van der Waals surface area contributed by atoms with Gasteiger partial charge in [0.15, 0.2) is 10.1 Å². The summed E-state index contributed by atoms with van der Waals surface area (Å²) in [6, 6.07) is 2.93. The number of hydrogen-bond donors (Lipinski definition) is 0. The highest BCUT2D eigenvalue weighted by molar-refractivity contribution is 5.76. The van der Waals surface area contributed by atoms with Crippen LogP contribution in [0.25, 0.3) is 0 Å². The molecule has 0 aliphatic rings. The molecule has 2 aromatic rings. The second kappa shape index (κ2) is 9.51. The molecule has 35 heavy (non-hydrogen) atoms. The number of anilines is 2. The van der Waals surface area contributed by atoms with Crippen LogP contribution in [-0.4, -0.2) is 43.9 Å². The average Bonchev–Trinajstić information content (AvgIpc) is 2.76. The number of nitro benzene ring substituents is 4. The van der Waals surface area contributed by atoms with Gasteiger partial charge >= 0.3 is 22.7 Å². The summed E-state index contributed by atoms with van der Waals surface area (Å²) >= 11 is 0. The van der Waals surface area contributed by atoms with E-state index in [0.717, 1.165) is 38.4 Å². The molecule has 0 atom stereocenters. The SMILES string of the molecule is CN(c1c([N+](=O)[O-])cc(Cc2cc([N+](=O)[O-])c(N(C)[N+](=O)[O-])c([N+](=O)[O-])c2)cc1[N+](=O)[O-])[N+](=O)[O-]. The molecule has 0 amide bonds. The summed E-state index contributed by atoms with van der Waals surface area (Å²) in [5, 5.41) is 65.9. The highest BCUT2D eigenvalue weighted by Gasteiger charge is 2.37. The number of nitrogens with zero attached hydrogens (tertiary/aromatic N) is 8. The minimum Gasteiger partial charge on any atom is -0.258 e. The van der Waals surface area contributed by atoms with Crippen LogP contribution >= 0.6 is 0 Å². The van der Waals surface area contributed by atoms with Gasteiger partial charge in [0.25, 0.3) is 11.4 Å². The fraction of sp³-hybridized carbons (Fsp3) is 0.200. The molecule has 0 aliphatic heterocycles. The van der Waals surface area contributed by atoms with Crippen LogP contribution in [0.2, 0.25) is 0 Å². The van der Waals surface area contributed by atoms with E-state index in [4.69, 9.17) is 0 Å². The second-order valence-electron chi connectivity index (χ2n) is 6.69. The number of hydrazine groups is 2. The maximum atomic E-state index is 11.5. The lowest BCUT2D eigenvalue weighted by molar-refractivity contribution is -0.493. The fourth-order valence-corrected chi connectivity index (χ4v) is 3.14. The van der Waals surface area contributed by atoms with Gasteiger partial charge in [-0.1, -0.05) is 10.0 Å². The van der Waals surface area contributed by atoms with Gasteiger partial charge in [0.05, 0.1) is 33.8 Å². The molecule has 0 aliphatic carbocycles. The first-order valence-corrected chi connectivity index (χ1v) is 8.84. The van der Waals surface area contributed by atoms with Gasteiger partial charge in [0, 0.05) is 24.3 Å². The Hall–Kier alpha value is -5.56. The van der Waals surface area contributed by atoms with Crippen LogP contribution in [0.1, 0.15) is 11.1 Å². The Kier molecular flexibility index (Phi) is 6.99. The van der Waals surface area contributed by atoms with Crippen molar-refractivity contribution >= 4 is 34.1 Å². The van der Waals surface area contributed by atoms with Gasteiger partial charge in [-0.2, -0.15) is 0 Å². The van der Waals surface area contributed by atoms with Crippen molar-refractivity contribution in [3.8, 4) is 0 Å². The van der Waals surface area contributed by atoms with E-state index >= 15 is 0 Å². The van der Waals surface area contributed by atoms with Crippen LogP contribution in [0.5, 0.6) is 0 Å². The van der Waals surface area contributed by atoms with Gasteiger partial charge in [0.2, 0.25) is 0 Å². The van der Waals surface area contributed by atoms with Gasteiger partial charge in [-0.15, -0.1) is 0 Å². The first kappa shape index (κ1) is 25.7. The summed E-state index contributed by atoms with van der Waals surface area (Å²) in [5.74, 6) is 0. The van der Waals surface area contributed by atoms with E-state index in [0.29, 0.717) is 0 Å². The zero-order chi connectivity index (χ0) is 26.8. The zero-order valence-corrected chi connectivity index (χ0v) is 17.5. The van der Waals surface area contributed by atoms with Crippen molar-refractivity contribution in [1.82, 2.24) is 0 Å². The van der Waals surface area contributed by atoms with E-state index in [-0.39, 0.29) is 21.1 Å². The molecule has 0 spiro atoms. The molecule has 0 bridgehead atoms. The van der Waals surface area contributed by atoms with Gasteiger partial charge in [-0.25, -0.2) is 20.2 Å². The van der Waals surface area contributed by atoms with Crippen molar-refractivity contribution in [3.05, 3.63) is 96.1 Å². The Labute approximate surface area is 191 Å². The monoisotopic (exact) mass is 496 g/mol. The molecule has 0 radical (unpaired) electrons. The Morgan fingerprint density at radius 2 is 0.771 bits per heavy atom. The third-order valence-corrected chi connectivity index (χ3v) is 4.59. The van der Waals surface area contributed by atoms with Gasteiger partial charge in [-0.05, 0) is 17.5 Å². The van der Waals surface area contributed by atoms with E-state index in [9.17, 15) is 60.7 Å². The summed E-state index contributed by atoms with van der Waals surface area (Å²) < 4.78 is 0. The van der Waals surface area contributed by atoms with Crippen LogP contribution in [0, 0.1) is 60.7 Å². The lowest BCUT2D eigenvalue weighted by Crippen LogP contribution is -2.26. The molecule has 20 heteroatoms. The van der Waals surface area contributed by atoms with Crippen LogP contribution in [0.4, 0.5) is 34.1 Å². The van der Waals surface area contributed by atoms with Gasteiger partial charge < -0.3 is 0 Å². The van der Waals surface area contributed by atoms with Crippen molar-refractivity contribution < 1.29 is 29.8 Å². The maximum absolute atomic E-state index is 11.5. The average molecular weight is 496 g/mol. The van der Waals surface area contributed by atoms with Crippen molar-refractivity contribution in [2.45, 2.75) is 6.42 Å². The normalized spacial score (nSPS) is 10.3. The maximum Gasteiger partial charge on any atom is 0.306 e. The number of hydrogen-bond acceptors (Lipinski definition) is 12. The lowest BCUT2D eigenvalue weighted by atomic mass is 10.0. The summed E-state index contributed by atoms with van der Waals surface area (Å²) in [7, 11) is 1.48. The van der Waals surface area contributed by atoms with E-state index in [2.05, 4.69) is 0 Å². The molecule has 184 valence electrons. The molecule has 2 rings (SSSR count). The highest BCUT2D eigenvalue weighted by Crippen LogP contribution is 2.41. The minimum atomic E-state index is -1.13. The molecule has 0 aromatic heterocycles. The first-order chi connectivity index (χ1) is 16.2. The van der Waals surface area contributed by atoms with Crippen LogP contribution in [0.3, 0.4) is 0 Å². The zero-order valence-electron chi connectivity index (χ0n) is 17.5. The molecule has 20 nitrogen and oxygen atoms in total. The van der Waals surface area contributed by atoms with E-state index < -0.39 is 70.3 Å². The molecule has 0 unspecified atom stereocenters. The molecule has 0 N–H and O–H groups in total. The third kappa shape index (κ3) is 5.10. The Bertz CT molecular complexity index is 1130. The van der Waals surface area contributed by atoms with Crippen LogP contribution in [0.15, 0.2) is 24.3 Å². The third-order valence-electron chi connectivity index (χ3n) is 4.59. The summed E-state index contributed by atoms with van der Waals surface area (Å²) in [6.07, 6.45) is -0.575. The highest BCUT2D eigenvalue weighted by atomic mass is 16.7. The molecular formula is C15H12N8O12. The molecule has 0 saturated carbocycles. The van der Waals surface area contributed by atoms with Crippen molar-refractivity contribution in [1.29, 1.82) is 0 Å². The molecular weight excluding hydrogens is 484 g/mol. The largest absolute Gasteiger partial charge is 0.306 e. The van der Waals surface area contributed by atoms with E-state index in [1.54, 1.807) is 0 Å². The first-order valence-electron chi connectivity index (χ1n) is 8.84. The predicted molar refractivity (Wildman–Crippen MR) is 113 cm³/mol. The van der Waals surface area contributed by atoms with Crippen molar-refractivity contribution in [2.75, 3.05) is 24.1 Å². The quantitative estimate of drug-likeness (QED) is 0.337. The number of benzene rings is 2. The molecule has 2 aromatic carbocycles. The van der Waals surface area contributed by atoms with Crippen LogP contribution < -0.4 is 10.0 Å². The second-order valence-corrected chi connectivity index (χ2v) is 6.69. The summed E-state index contributed by atoms with van der Waals surface area (Å²) in [6.45, 7) is 0. The smallest absolute Gasteiger partial charge is 0.258 e. The van der Waals surface area contributed by atoms with Crippen molar-refractivity contribution in [3.63, 3.8) is 0 Å². The Balaban J connectivity index is 2.79. The molecule has 0 heterocycles. The standard InChI is InChI=1S/C15H12N8O12/c1-16(22(32)33)14-10(18(24)25)4-8(5-11(14)19(26)27)3-9-6-12(20(28)29)15(17(2)23(34)35)13(7-9)21(30)31/h4-7H,3H2,1-2H3. The molecule has 0 saturated heterocycles. The fourth-order valence-electron chi connectivity index (χ4n) is 3.14. The summed E-state index contributed by atoms with van der Waals surface area (Å²) in [5.41, 5.74) is -6.55. The topological polar surface area (TPSA) is 265 Å². The number of nitro groups is 6. The lowest BCUT2D eigenvalue weighted by Gasteiger charge is -2.12. The Morgan fingerprint density at radius 1 is 0.543 bits per heavy atom. The predicted octanol–water partition coefficient (Wildman–Crippen LogP) is 2.17. The summed E-state index contributed by atoms with van der Waals surface area (Å²) in [4.78, 5) is 63.6. The Morgan fingerprint density at radius 3 is 0.943 bits per heavy atom. The van der Waals surface area contributed by atoms with Gasteiger partial charge in [-0.3, -0.25) is 40.5 Å². The van der Waals surface area contributed by atoms with Crippen molar-refractivity contribution in [2.24, 2.45) is 0 Å². The minimum absolute atomic E-state index is 0.0674. The molecule has 0 fully saturated rings. The van der Waals surface area contributed by atoms with Gasteiger partial charge in [0.1, 0.15) is 0 Å². The van der Waals surface area contributed by atoms with Crippen LogP contribution in [-0.2, 0) is 6.42 Å².